The maximum absolute atomic E-state index is 6.31. The summed E-state index contributed by atoms with van der Waals surface area (Å²) < 4.78 is 12.0. The van der Waals surface area contributed by atoms with Gasteiger partial charge in [-0.1, -0.05) is 24.3 Å². The molecule has 0 saturated carbocycles. The zero-order valence-corrected chi connectivity index (χ0v) is 15.0. The molecule has 4 nitrogen and oxygen atoms in total. The van der Waals surface area contributed by atoms with Crippen molar-refractivity contribution >= 4 is 0 Å². The van der Waals surface area contributed by atoms with Crippen LogP contribution in [0.2, 0.25) is 0 Å². The number of benzene rings is 1. The molecule has 0 amide bonds. The van der Waals surface area contributed by atoms with E-state index in [-0.39, 0.29) is 11.1 Å². The number of hydroxylamine groups is 2. The third kappa shape index (κ3) is 3.31. The van der Waals surface area contributed by atoms with E-state index in [0.717, 1.165) is 12.8 Å². The van der Waals surface area contributed by atoms with E-state index in [4.69, 9.17) is 14.3 Å². The van der Waals surface area contributed by atoms with Crippen LogP contribution >= 0.6 is 0 Å². The standard InChI is InChI=1S/C19H29NO3/c1-15-8-6-7-9-16(15)12-23-20-17(2,3)13-19(14-18(20,4)5)21-10-11-22-19/h6-9H,10-14H2,1-5H3. The molecule has 2 fully saturated rings. The van der Waals surface area contributed by atoms with Gasteiger partial charge in [0.15, 0.2) is 5.79 Å². The monoisotopic (exact) mass is 319 g/mol. The van der Waals surface area contributed by atoms with Crippen LogP contribution in [0.4, 0.5) is 0 Å². The lowest BCUT2D eigenvalue weighted by molar-refractivity contribution is -0.339. The zero-order chi connectivity index (χ0) is 16.7. The molecule has 0 unspecified atom stereocenters. The summed E-state index contributed by atoms with van der Waals surface area (Å²) in [5, 5.41) is 2.16. The molecule has 1 aromatic rings. The lowest BCUT2D eigenvalue weighted by Crippen LogP contribution is -2.65. The Morgan fingerprint density at radius 2 is 1.57 bits per heavy atom. The summed E-state index contributed by atoms with van der Waals surface area (Å²) in [5.74, 6) is -0.449. The quantitative estimate of drug-likeness (QED) is 0.847. The first-order chi connectivity index (χ1) is 10.7. The van der Waals surface area contributed by atoms with Crippen molar-refractivity contribution in [3.63, 3.8) is 0 Å². The fourth-order valence-corrected chi connectivity index (χ4v) is 4.30. The number of aryl methyl sites for hydroxylation is 1. The van der Waals surface area contributed by atoms with Crippen LogP contribution < -0.4 is 0 Å². The van der Waals surface area contributed by atoms with Crippen molar-refractivity contribution in [1.29, 1.82) is 0 Å². The summed E-state index contributed by atoms with van der Waals surface area (Å²) in [6, 6.07) is 8.38. The molecule has 1 spiro atoms. The highest BCUT2D eigenvalue weighted by molar-refractivity contribution is 5.24. The maximum Gasteiger partial charge on any atom is 0.172 e. The van der Waals surface area contributed by atoms with Crippen molar-refractivity contribution in [1.82, 2.24) is 5.06 Å². The molecule has 0 bridgehead atoms. The summed E-state index contributed by atoms with van der Waals surface area (Å²) in [6.45, 7) is 12.9. The van der Waals surface area contributed by atoms with E-state index < -0.39 is 5.79 Å². The van der Waals surface area contributed by atoms with Gasteiger partial charge in [-0.25, -0.2) is 0 Å². The largest absolute Gasteiger partial charge is 0.347 e. The molecule has 0 aliphatic carbocycles. The molecule has 128 valence electrons. The fourth-order valence-electron chi connectivity index (χ4n) is 4.30. The average molecular weight is 319 g/mol. The molecule has 1 aromatic carbocycles. The van der Waals surface area contributed by atoms with Crippen molar-refractivity contribution in [3.05, 3.63) is 35.4 Å². The van der Waals surface area contributed by atoms with Gasteiger partial charge in [0, 0.05) is 23.9 Å². The highest BCUT2D eigenvalue weighted by Crippen LogP contribution is 2.47. The molecule has 2 heterocycles. The molecule has 23 heavy (non-hydrogen) atoms. The second kappa shape index (κ2) is 5.85. The topological polar surface area (TPSA) is 30.9 Å². The molecule has 2 saturated heterocycles. The SMILES string of the molecule is Cc1ccccc1CON1C(C)(C)CC2(CC1(C)C)OCCO2. The first-order valence-electron chi connectivity index (χ1n) is 8.50. The van der Waals surface area contributed by atoms with Crippen LogP contribution in [-0.2, 0) is 20.9 Å². The number of hydrogen-bond donors (Lipinski definition) is 0. The fraction of sp³-hybridized carbons (Fsp3) is 0.684. The second-order valence-corrected chi connectivity index (χ2v) is 8.08. The predicted octanol–water partition coefficient (Wildman–Crippen LogP) is 3.82. The predicted molar refractivity (Wildman–Crippen MR) is 89.8 cm³/mol. The summed E-state index contributed by atoms with van der Waals surface area (Å²) in [5.41, 5.74) is 2.18. The van der Waals surface area contributed by atoms with Gasteiger partial charge in [-0.2, -0.15) is 5.06 Å². The van der Waals surface area contributed by atoms with E-state index in [1.165, 1.54) is 11.1 Å². The van der Waals surface area contributed by atoms with Gasteiger partial charge in [0.25, 0.3) is 0 Å². The Labute approximate surface area is 139 Å². The van der Waals surface area contributed by atoms with Crippen LogP contribution in [0.5, 0.6) is 0 Å². The molecule has 4 heteroatoms. The molecular formula is C19H29NO3. The Morgan fingerprint density at radius 3 is 2.13 bits per heavy atom. The highest BCUT2D eigenvalue weighted by Gasteiger charge is 2.56. The minimum atomic E-state index is -0.449. The zero-order valence-electron chi connectivity index (χ0n) is 15.0. The van der Waals surface area contributed by atoms with Crippen LogP contribution in [-0.4, -0.2) is 35.1 Å². The van der Waals surface area contributed by atoms with E-state index in [2.05, 4.69) is 63.9 Å². The number of rotatable bonds is 3. The molecule has 0 atom stereocenters. The van der Waals surface area contributed by atoms with E-state index in [1.54, 1.807) is 0 Å². The number of piperidine rings is 1. The van der Waals surface area contributed by atoms with Crippen LogP contribution in [0, 0.1) is 6.92 Å². The lowest BCUT2D eigenvalue weighted by Gasteiger charge is -2.56. The van der Waals surface area contributed by atoms with E-state index in [9.17, 15) is 0 Å². The van der Waals surface area contributed by atoms with Gasteiger partial charge in [0.05, 0.1) is 19.8 Å². The van der Waals surface area contributed by atoms with Gasteiger partial charge in [-0.05, 0) is 45.7 Å². The second-order valence-electron chi connectivity index (χ2n) is 8.08. The maximum atomic E-state index is 6.31. The van der Waals surface area contributed by atoms with E-state index in [0.29, 0.717) is 19.8 Å². The van der Waals surface area contributed by atoms with Crippen molar-refractivity contribution in [3.8, 4) is 0 Å². The summed E-state index contributed by atoms with van der Waals surface area (Å²) >= 11 is 0. The van der Waals surface area contributed by atoms with Gasteiger partial charge in [0.1, 0.15) is 0 Å². The molecule has 0 radical (unpaired) electrons. The molecule has 2 aliphatic heterocycles. The Hall–Kier alpha value is -0.940. The summed E-state index contributed by atoms with van der Waals surface area (Å²) in [4.78, 5) is 6.31. The van der Waals surface area contributed by atoms with Gasteiger partial charge in [-0.15, -0.1) is 0 Å². The van der Waals surface area contributed by atoms with Gasteiger partial charge < -0.3 is 9.47 Å². The van der Waals surface area contributed by atoms with Crippen LogP contribution in [0.3, 0.4) is 0 Å². The molecule has 2 aliphatic rings. The van der Waals surface area contributed by atoms with Crippen LogP contribution in [0.25, 0.3) is 0 Å². The van der Waals surface area contributed by atoms with Crippen molar-refractivity contribution < 1.29 is 14.3 Å². The van der Waals surface area contributed by atoms with Gasteiger partial charge >= 0.3 is 0 Å². The first kappa shape index (κ1) is 16.9. The Kier molecular flexibility index (Phi) is 4.30. The van der Waals surface area contributed by atoms with Crippen LogP contribution in [0.15, 0.2) is 24.3 Å². The van der Waals surface area contributed by atoms with E-state index >= 15 is 0 Å². The first-order valence-corrected chi connectivity index (χ1v) is 8.50. The van der Waals surface area contributed by atoms with Crippen LogP contribution in [0.1, 0.15) is 51.7 Å². The molecule has 0 aromatic heterocycles. The Bertz CT molecular complexity index is 541. The Balaban J connectivity index is 1.77. The minimum absolute atomic E-state index is 0.158. The number of hydrogen-bond acceptors (Lipinski definition) is 4. The minimum Gasteiger partial charge on any atom is -0.347 e. The summed E-state index contributed by atoms with van der Waals surface area (Å²) in [7, 11) is 0. The van der Waals surface area contributed by atoms with Crippen molar-refractivity contribution in [2.75, 3.05) is 13.2 Å². The molecular weight excluding hydrogens is 290 g/mol. The third-order valence-electron chi connectivity index (χ3n) is 4.93. The van der Waals surface area contributed by atoms with Crippen molar-refractivity contribution in [2.24, 2.45) is 0 Å². The molecule has 3 rings (SSSR count). The highest BCUT2D eigenvalue weighted by atomic mass is 16.7. The normalized spacial score (nSPS) is 25.8. The lowest BCUT2D eigenvalue weighted by atomic mass is 9.78. The Morgan fingerprint density at radius 1 is 1.00 bits per heavy atom. The summed E-state index contributed by atoms with van der Waals surface area (Å²) in [6.07, 6.45) is 1.63. The average Bonchev–Trinajstić information content (AvgIpc) is 2.85. The number of nitrogens with zero attached hydrogens (tertiary/aromatic N) is 1. The van der Waals surface area contributed by atoms with E-state index in [1.807, 2.05) is 0 Å². The molecule has 0 N–H and O–H groups in total. The smallest absolute Gasteiger partial charge is 0.172 e. The third-order valence-corrected chi connectivity index (χ3v) is 4.93. The van der Waals surface area contributed by atoms with Gasteiger partial charge in [0.2, 0.25) is 0 Å². The van der Waals surface area contributed by atoms with Crippen molar-refractivity contribution in [2.45, 2.75) is 70.9 Å². The van der Waals surface area contributed by atoms with Gasteiger partial charge in [-0.3, -0.25) is 4.84 Å². The number of ether oxygens (including phenoxy) is 2.